The van der Waals surface area contributed by atoms with Gasteiger partial charge in [0.05, 0.1) is 17.8 Å². The average Bonchev–Trinajstić information content (AvgIpc) is 2.79. The first-order valence-corrected chi connectivity index (χ1v) is 10.8. The van der Waals surface area contributed by atoms with E-state index in [9.17, 15) is 9.59 Å². The minimum Gasteiger partial charge on any atom is -0.497 e. The second kappa shape index (κ2) is 10.8. The summed E-state index contributed by atoms with van der Waals surface area (Å²) in [5, 5.41) is 6.06. The number of carbonyl (C=O) groups excluding carboxylic acids is 2. The summed E-state index contributed by atoms with van der Waals surface area (Å²) in [5.74, 6) is 0.568. The number of hydrogen-bond donors (Lipinski definition) is 1. The monoisotopic (exact) mass is 498 g/mol. The van der Waals surface area contributed by atoms with Gasteiger partial charge in [0, 0.05) is 12.5 Å². The summed E-state index contributed by atoms with van der Waals surface area (Å²) in [5.41, 5.74) is 2.96. The number of benzene rings is 3. The second-order valence-electron chi connectivity index (χ2n) is 6.85. The molecule has 1 amide bonds. The first kappa shape index (κ1) is 23.3. The van der Waals surface area contributed by atoms with E-state index in [2.05, 4.69) is 26.5 Å². The molecule has 3 rings (SSSR count). The van der Waals surface area contributed by atoms with Crippen LogP contribution >= 0.6 is 15.9 Å². The van der Waals surface area contributed by atoms with Crippen LogP contribution in [0.3, 0.4) is 0 Å². The molecule has 7 nitrogen and oxygen atoms in total. The van der Waals surface area contributed by atoms with Crippen molar-refractivity contribution in [2.45, 2.75) is 26.4 Å². The fourth-order valence-electron chi connectivity index (χ4n) is 3.02. The third-order valence-electron chi connectivity index (χ3n) is 4.61. The van der Waals surface area contributed by atoms with Crippen molar-refractivity contribution >= 4 is 44.8 Å². The Hall–Kier alpha value is -3.39. The van der Waals surface area contributed by atoms with Crippen molar-refractivity contribution in [1.29, 1.82) is 0 Å². The highest BCUT2D eigenvalue weighted by Gasteiger charge is 2.20. The van der Waals surface area contributed by atoms with Crippen LogP contribution in [0.5, 0.6) is 17.2 Å². The summed E-state index contributed by atoms with van der Waals surface area (Å²) in [4.78, 5) is 24.0. The minimum absolute atomic E-state index is 0.305. The topological polar surface area (TPSA) is 86.2 Å². The zero-order valence-corrected chi connectivity index (χ0v) is 19.5. The lowest BCUT2D eigenvalue weighted by Crippen LogP contribution is -2.35. The first-order valence-electron chi connectivity index (χ1n) is 9.96. The molecule has 0 radical (unpaired) electrons. The zero-order chi connectivity index (χ0) is 23.1. The van der Waals surface area contributed by atoms with Gasteiger partial charge in [-0.2, -0.15) is 5.10 Å². The van der Waals surface area contributed by atoms with E-state index in [4.69, 9.17) is 14.2 Å². The standard InChI is InChI=1S/C24H23BrN2O5/c1-4-20(32-22-11-9-16-7-5-6-8-19(16)23(22)25)24(29)27-26-14-17-13-18(30-3)10-12-21(17)31-15(2)28/h5-14,20H,4H2,1-3H3,(H,27,29)/b26-14-/t20-/m0/s1. The number of esters is 1. The summed E-state index contributed by atoms with van der Waals surface area (Å²) >= 11 is 3.57. The Morgan fingerprint density at radius 2 is 1.88 bits per heavy atom. The molecule has 3 aromatic carbocycles. The number of nitrogens with zero attached hydrogens (tertiary/aromatic N) is 1. The molecular weight excluding hydrogens is 476 g/mol. The Labute approximate surface area is 194 Å². The van der Waals surface area contributed by atoms with E-state index in [1.807, 2.05) is 43.3 Å². The van der Waals surface area contributed by atoms with Crippen LogP contribution in [0.4, 0.5) is 0 Å². The number of carbonyl (C=O) groups is 2. The van der Waals surface area contributed by atoms with Crippen LogP contribution in [-0.4, -0.2) is 31.3 Å². The molecule has 0 saturated heterocycles. The van der Waals surface area contributed by atoms with Crippen molar-refractivity contribution in [1.82, 2.24) is 5.43 Å². The van der Waals surface area contributed by atoms with Crippen molar-refractivity contribution < 1.29 is 23.8 Å². The molecule has 0 aromatic heterocycles. The maximum absolute atomic E-state index is 12.7. The average molecular weight is 499 g/mol. The maximum Gasteiger partial charge on any atom is 0.308 e. The quantitative estimate of drug-likeness (QED) is 0.207. The van der Waals surface area contributed by atoms with E-state index in [1.54, 1.807) is 18.2 Å². The van der Waals surface area contributed by atoms with E-state index in [-0.39, 0.29) is 0 Å². The van der Waals surface area contributed by atoms with Crippen molar-refractivity contribution in [2.75, 3.05) is 7.11 Å². The van der Waals surface area contributed by atoms with Crippen LogP contribution in [0.25, 0.3) is 10.8 Å². The number of fused-ring (bicyclic) bond motifs is 1. The predicted molar refractivity (Wildman–Crippen MR) is 126 cm³/mol. The Bertz CT molecular complexity index is 1160. The van der Waals surface area contributed by atoms with Gasteiger partial charge < -0.3 is 14.2 Å². The smallest absolute Gasteiger partial charge is 0.308 e. The van der Waals surface area contributed by atoms with E-state index in [0.717, 1.165) is 15.2 Å². The lowest BCUT2D eigenvalue weighted by molar-refractivity contribution is -0.132. The lowest BCUT2D eigenvalue weighted by Gasteiger charge is -2.17. The molecule has 0 heterocycles. The molecule has 0 aliphatic rings. The molecule has 8 heteroatoms. The normalized spacial score (nSPS) is 11.9. The number of hydrogen-bond acceptors (Lipinski definition) is 6. The fourth-order valence-corrected chi connectivity index (χ4v) is 3.61. The molecule has 0 aliphatic heterocycles. The summed E-state index contributed by atoms with van der Waals surface area (Å²) in [6.45, 7) is 3.16. The van der Waals surface area contributed by atoms with Crippen molar-refractivity contribution in [2.24, 2.45) is 5.10 Å². The lowest BCUT2D eigenvalue weighted by atomic mass is 10.1. The fraction of sp³-hybridized carbons (Fsp3) is 0.208. The highest BCUT2D eigenvalue weighted by molar-refractivity contribution is 9.10. The number of methoxy groups -OCH3 is 1. The largest absolute Gasteiger partial charge is 0.497 e. The molecule has 0 bridgehead atoms. The molecule has 0 unspecified atom stereocenters. The number of amides is 1. The zero-order valence-electron chi connectivity index (χ0n) is 17.9. The molecule has 0 aliphatic carbocycles. The van der Waals surface area contributed by atoms with Gasteiger partial charge in [0.2, 0.25) is 0 Å². The maximum atomic E-state index is 12.7. The van der Waals surface area contributed by atoms with Gasteiger partial charge in [-0.05, 0) is 57.4 Å². The molecule has 1 N–H and O–H groups in total. The number of nitrogens with one attached hydrogen (secondary N) is 1. The van der Waals surface area contributed by atoms with Crippen molar-refractivity contribution in [3.05, 3.63) is 64.6 Å². The van der Waals surface area contributed by atoms with Crippen LogP contribution in [0.1, 0.15) is 25.8 Å². The SMILES string of the molecule is CC[C@H](Oc1ccc2ccccc2c1Br)C(=O)N/N=C\c1cc(OC)ccc1OC(C)=O. The number of rotatable bonds is 8. The molecular formula is C24H23BrN2O5. The molecule has 166 valence electrons. The summed E-state index contributed by atoms with van der Waals surface area (Å²) in [7, 11) is 1.53. The number of ether oxygens (including phenoxy) is 3. The third kappa shape index (κ3) is 5.64. The molecule has 0 saturated carbocycles. The van der Waals surface area contributed by atoms with E-state index >= 15 is 0 Å². The molecule has 32 heavy (non-hydrogen) atoms. The highest BCUT2D eigenvalue weighted by Crippen LogP contribution is 2.34. The molecule has 0 fully saturated rings. The van der Waals surface area contributed by atoms with E-state index in [0.29, 0.717) is 29.2 Å². The van der Waals surface area contributed by atoms with E-state index in [1.165, 1.54) is 20.2 Å². The van der Waals surface area contributed by atoms with Gasteiger partial charge in [0.1, 0.15) is 17.2 Å². The molecule has 0 spiro atoms. The van der Waals surface area contributed by atoms with Crippen molar-refractivity contribution in [3.8, 4) is 17.2 Å². The molecule has 3 aromatic rings. The Morgan fingerprint density at radius 1 is 1.12 bits per heavy atom. The number of hydrazone groups is 1. The second-order valence-corrected chi connectivity index (χ2v) is 7.64. The summed E-state index contributed by atoms with van der Waals surface area (Å²) < 4.78 is 17.1. The summed E-state index contributed by atoms with van der Waals surface area (Å²) in [6.07, 6.45) is 1.08. The van der Waals surface area contributed by atoms with Gasteiger partial charge in [-0.15, -0.1) is 0 Å². The Morgan fingerprint density at radius 3 is 2.59 bits per heavy atom. The predicted octanol–water partition coefficient (Wildman–Crippen LogP) is 4.84. The van der Waals surface area contributed by atoms with Crippen LogP contribution in [0, 0.1) is 0 Å². The van der Waals surface area contributed by atoms with Crippen LogP contribution in [-0.2, 0) is 9.59 Å². The van der Waals surface area contributed by atoms with Gasteiger partial charge in [-0.3, -0.25) is 9.59 Å². The van der Waals surface area contributed by atoms with E-state index < -0.39 is 18.0 Å². The summed E-state index contributed by atoms with van der Waals surface area (Å²) in [6, 6.07) is 16.6. The highest BCUT2D eigenvalue weighted by atomic mass is 79.9. The third-order valence-corrected chi connectivity index (χ3v) is 5.43. The van der Waals surface area contributed by atoms with Crippen LogP contribution in [0.15, 0.2) is 64.2 Å². The number of halogens is 1. The van der Waals surface area contributed by atoms with Gasteiger partial charge in [-0.1, -0.05) is 37.3 Å². The van der Waals surface area contributed by atoms with Gasteiger partial charge in [0.25, 0.3) is 5.91 Å². The minimum atomic E-state index is -0.747. The van der Waals surface area contributed by atoms with Crippen molar-refractivity contribution in [3.63, 3.8) is 0 Å². The first-order chi connectivity index (χ1) is 15.4. The van der Waals surface area contributed by atoms with Crippen LogP contribution in [0.2, 0.25) is 0 Å². The van der Waals surface area contributed by atoms with Crippen LogP contribution < -0.4 is 19.6 Å². The van der Waals surface area contributed by atoms with Gasteiger partial charge in [0.15, 0.2) is 6.10 Å². The Kier molecular flexibility index (Phi) is 7.83. The molecule has 1 atom stereocenters. The Balaban J connectivity index is 1.73. The van der Waals surface area contributed by atoms with Gasteiger partial charge in [-0.25, -0.2) is 5.43 Å². The van der Waals surface area contributed by atoms with Gasteiger partial charge >= 0.3 is 5.97 Å².